The molecular formula is C20H25N5O3S. The lowest BCUT2D eigenvalue weighted by Crippen LogP contribution is -2.41. The predicted octanol–water partition coefficient (Wildman–Crippen LogP) is 2.12. The number of anilines is 2. The molecule has 0 bridgehead atoms. The lowest BCUT2D eigenvalue weighted by molar-refractivity contribution is -0.120. The third-order valence-electron chi connectivity index (χ3n) is 5.54. The zero-order valence-corrected chi connectivity index (χ0v) is 17.0. The number of piperidine rings is 1. The zero-order chi connectivity index (χ0) is 20.3. The van der Waals surface area contributed by atoms with Crippen LogP contribution in [0, 0.1) is 5.92 Å². The number of pyridine rings is 2. The molecule has 2 saturated heterocycles. The number of carbonyl (C=O) groups excluding carboxylic acids is 1. The molecule has 4 rings (SSSR count). The standard InChI is InChI=1S/C20H25N5O3S/c26-20(23-17-5-6-19(22-14-17)24-10-1-2-11-24)16-7-12-25(13-8-16)29(27,28)18-4-3-9-21-15-18/h3-6,9,14-16H,1-2,7-8,10-13H2,(H,23,26). The van der Waals surface area contributed by atoms with E-state index in [0.717, 1.165) is 18.9 Å². The number of hydrogen-bond acceptors (Lipinski definition) is 6. The van der Waals surface area contributed by atoms with Crippen molar-refractivity contribution in [3.8, 4) is 0 Å². The fraction of sp³-hybridized carbons (Fsp3) is 0.450. The normalized spacial score (nSPS) is 18.7. The number of nitrogens with one attached hydrogen (secondary N) is 1. The summed E-state index contributed by atoms with van der Waals surface area (Å²) >= 11 is 0. The maximum absolute atomic E-state index is 12.7. The van der Waals surface area contributed by atoms with Crippen molar-refractivity contribution < 1.29 is 13.2 Å². The third-order valence-corrected chi connectivity index (χ3v) is 7.42. The number of carbonyl (C=O) groups is 1. The van der Waals surface area contributed by atoms with E-state index >= 15 is 0 Å². The van der Waals surface area contributed by atoms with E-state index in [4.69, 9.17) is 0 Å². The number of rotatable bonds is 5. The highest BCUT2D eigenvalue weighted by molar-refractivity contribution is 7.89. The zero-order valence-electron chi connectivity index (χ0n) is 16.2. The summed E-state index contributed by atoms with van der Waals surface area (Å²) in [5.41, 5.74) is 0.670. The summed E-state index contributed by atoms with van der Waals surface area (Å²) in [4.78, 5) is 23.4. The average Bonchev–Trinajstić information content (AvgIpc) is 3.30. The van der Waals surface area contributed by atoms with E-state index in [2.05, 4.69) is 20.2 Å². The first kappa shape index (κ1) is 19.8. The van der Waals surface area contributed by atoms with E-state index in [0.29, 0.717) is 31.6 Å². The van der Waals surface area contributed by atoms with Crippen LogP contribution in [0.15, 0.2) is 47.8 Å². The smallest absolute Gasteiger partial charge is 0.244 e. The van der Waals surface area contributed by atoms with Crippen molar-refractivity contribution in [1.29, 1.82) is 0 Å². The molecule has 154 valence electrons. The maximum atomic E-state index is 12.7. The van der Waals surface area contributed by atoms with Crippen LogP contribution in [0.1, 0.15) is 25.7 Å². The summed E-state index contributed by atoms with van der Waals surface area (Å²) in [6.07, 6.45) is 7.95. The molecule has 8 nitrogen and oxygen atoms in total. The lowest BCUT2D eigenvalue weighted by atomic mass is 9.97. The first-order valence-corrected chi connectivity index (χ1v) is 11.4. The first-order chi connectivity index (χ1) is 14.0. The SMILES string of the molecule is O=C(Nc1ccc(N2CCCC2)nc1)C1CCN(S(=O)(=O)c2cccnc2)CC1. The van der Waals surface area contributed by atoms with Gasteiger partial charge < -0.3 is 10.2 Å². The van der Waals surface area contributed by atoms with Gasteiger partial charge in [-0.1, -0.05) is 0 Å². The molecule has 9 heteroatoms. The Balaban J connectivity index is 1.32. The molecule has 2 aliphatic rings. The highest BCUT2D eigenvalue weighted by atomic mass is 32.2. The average molecular weight is 416 g/mol. The topological polar surface area (TPSA) is 95.5 Å². The summed E-state index contributed by atoms with van der Waals surface area (Å²) in [6.45, 7) is 2.70. The number of aromatic nitrogens is 2. The Morgan fingerprint density at radius 3 is 2.41 bits per heavy atom. The van der Waals surface area contributed by atoms with Gasteiger partial charge in [0.15, 0.2) is 0 Å². The molecular weight excluding hydrogens is 390 g/mol. The van der Waals surface area contributed by atoms with Gasteiger partial charge in [-0.05, 0) is 49.9 Å². The van der Waals surface area contributed by atoms with Gasteiger partial charge in [0.05, 0.1) is 11.9 Å². The van der Waals surface area contributed by atoms with Crippen LogP contribution in [-0.4, -0.2) is 54.8 Å². The molecule has 2 aromatic heterocycles. The molecule has 0 saturated carbocycles. The van der Waals surface area contributed by atoms with Crippen molar-refractivity contribution in [2.24, 2.45) is 5.92 Å². The van der Waals surface area contributed by atoms with Gasteiger partial charge in [-0.3, -0.25) is 9.78 Å². The highest BCUT2D eigenvalue weighted by Crippen LogP contribution is 2.25. The second-order valence-corrected chi connectivity index (χ2v) is 9.39. The second-order valence-electron chi connectivity index (χ2n) is 7.46. The van der Waals surface area contributed by atoms with Gasteiger partial charge in [-0.15, -0.1) is 0 Å². The van der Waals surface area contributed by atoms with Crippen LogP contribution in [0.25, 0.3) is 0 Å². The van der Waals surface area contributed by atoms with Crippen molar-refractivity contribution in [2.45, 2.75) is 30.6 Å². The molecule has 2 aliphatic heterocycles. The lowest BCUT2D eigenvalue weighted by Gasteiger charge is -2.30. The largest absolute Gasteiger partial charge is 0.357 e. The Hall–Kier alpha value is -2.52. The van der Waals surface area contributed by atoms with E-state index in [1.165, 1.54) is 23.3 Å². The highest BCUT2D eigenvalue weighted by Gasteiger charge is 2.32. The van der Waals surface area contributed by atoms with E-state index in [9.17, 15) is 13.2 Å². The van der Waals surface area contributed by atoms with Crippen LogP contribution in [0.3, 0.4) is 0 Å². The van der Waals surface area contributed by atoms with Gasteiger partial charge in [0.1, 0.15) is 10.7 Å². The molecule has 2 aromatic rings. The van der Waals surface area contributed by atoms with Gasteiger partial charge >= 0.3 is 0 Å². The Bertz CT molecular complexity index is 936. The summed E-state index contributed by atoms with van der Waals surface area (Å²) < 4.78 is 26.8. The quantitative estimate of drug-likeness (QED) is 0.804. The van der Waals surface area contributed by atoms with E-state index in [1.807, 2.05) is 12.1 Å². The molecule has 0 atom stereocenters. The summed E-state index contributed by atoms with van der Waals surface area (Å²) in [5, 5.41) is 2.92. The van der Waals surface area contributed by atoms with E-state index < -0.39 is 10.0 Å². The molecule has 0 radical (unpaired) electrons. The fourth-order valence-corrected chi connectivity index (χ4v) is 5.28. The van der Waals surface area contributed by atoms with Crippen molar-refractivity contribution in [3.05, 3.63) is 42.9 Å². The van der Waals surface area contributed by atoms with Crippen molar-refractivity contribution in [2.75, 3.05) is 36.4 Å². The Morgan fingerprint density at radius 2 is 1.79 bits per heavy atom. The molecule has 0 aliphatic carbocycles. The van der Waals surface area contributed by atoms with Gasteiger partial charge in [-0.2, -0.15) is 4.31 Å². The molecule has 29 heavy (non-hydrogen) atoms. The maximum Gasteiger partial charge on any atom is 0.244 e. The third kappa shape index (κ3) is 4.40. The van der Waals surface area contributed by atoms with Crippen LogP contribution >= 0.6 is 0 Å². The number of nitrogens with zero attached hydrogens (tertiary/aromatic N) is 4. The minimum absolute atomic E-state index is 0.0841. The minimum atomic E-state index is -3.56. The monoisotopic (exact) mass is 415 g/mol. The molecule has 0 aromatic carbocycles. The summed E-state index contributed by atoms with van der Waals surface area (Å²) in [5.74, 6) is 0.641. The number of hydrogen-bond donors (Lipinski definition) is 1. The number of amides is 1. The predicted molar refractivity (Wildman–Crippen MR) is 110 cm³/mol. The fourth-order valence-electron chi connectivity index (χ4n) is 3.84. The molecule has 2 fully saturated rings. The van der Waals surface area contributed by atoms with Crippen LogP contribution in [0.2, 0.25) is 0 Å². The minimum Gasteiger partial charge on any atom is -0.357 e. The first-order valence-electron chi connectivity index (χ1n) is 9.96. The van der Waals surface area contributed by atoms with Gasteiger partial charge in [0.2, 0.25) is 15.9 Å². The van der Waals surface area contributed by atoms with Crippen LogP contribution in [0.4, 0.5) is 11.5 Å². The van der Waals surface area contributed by atoms with Gasteiger partial charge in [0.25, 0.3) is 0 Å². The molecule has 4 heterocycles. The van der Waals surface area contributed by atoms with E-state index in [-0.39, 0.29) is 16.7 Å². The summed E-state index contributed by atoms with van der Waals surface area (Å²) in [7, 11) is -3.56. The van der Waals surface area contributed by atoms with Crippen LogP contribution in [0.5, 0.6) is 0 Å². The molecule has 1 N–H and O–H groups in total. The number of sulfonamides is 1. The van der Waals surface area contributed by atoms with Crippen molar-refractivity contribution in [3.63, 3.8) is 0 Å². The Labute approximate surface area is 171 Å². The van der Waals surface area contributed by atoms with Crippen molar-refractivity contribution in [1.82, 2.24) is 14.3 Å². The second kappa shape index (κ2) is 8.46. The molecule has 0 spiro atoms. The molecule has 1 amide bonds. The van der Waals surface area contributed by atoms with Crippen LogP contribution in [-0.2, 0) is 14.8 Å². The Morgan fingerprint density at radius 1 is 1.03 bits per heavy atom. The molecule has 0 unspecified atom stereocenters. The summed E-state index contributed by atoms with van der Waals surface area (Å²) in [6, 6.07) is 6.96. The van der Waals surface area contributed by atoms with E-state index in [1.54, 1.807) is 24.5 Å². The van der Waals surface area contributed by atoms with Gasteiger partial charge in [0, 0.05) is 44.5 Å². The Kier molecular flexibility index (Phi) is 5.77. The van der Waals surface area contributed by atoms with Gasteiger partial charge in [-0.25, -0.2) is 13.4 Å². The van der Waals surface area contributed by atoms with Crippen LogP contribution < -0.4 is 10.2 Å². The van der Waals surface area contributed by atoms with Crippen molar-refractivity contribution >= 4 is 27.4 Å².